The van der Waals surface area contributed by atoms with Crippen LogP contribution in [0.5, 0.6) is 0 Å². The maximum Gasteiger partial charge on any atom is 0.248 e. The predicted molar refractivity (Wildman–Crippen MR) is 114 cm³/mol. The molecule has 2 fully saturated rings. The van der Waals surface area contributed by atoms with Gasteiger partial charge in [0.15, 0.2) is 0 Å². The zero-order valence-corrected chi connectivity index (χ0v) is 18.7. The lowest BCUT2D eigenvalue weighted by atomic mass is 9.94. The molecule has 2 aliphatic rings. The van der Waals surface area contributed by atoms with Crippen molar-refractivity contribution in [1.82, 2.24) is 15.1 Å². The molecule has 0 aliphatic carbocycles. The normalized spacial score (nSPS) is 20.6. The summed E-state index contributed by atoms with van der Waals surface area (Å²) in [5.41, 5.74) is 0. The number of carbonyl (C=O) groups excluding carboxylic acids is 2. The van der Waals surface area contributed by atoms with Crippen molar-refractivity contribution in [2.24, 2.45) is 11.8 Å². The summed E-state index contributed by atoms with van der Waals surface area (Å²) >= 11 is 0. The average molecular weight is 412 g/mol. The quantitative estimate of drug-likeness (QED) is 0.526. The Bertz CT molecular complexity index is 486. The summed E-state index contributed by atoms with van der Waals surface area (Å²) in [5, 5.41) is 2.98. The number of carbonyl (C=O) groups is 2. The van der Waals surface area contributed by atoms with Crippen LogP contribution < -0.4 is 5.32 Å². The predicted octanol–water partition coefficient (Wildman–Crippen LogP) is 1.90. The molecular formula is C22H41N3O4. The van der Waals surface area contributed by atoms with Gasteiger partial charge >= 0.3 is 0 Å². The van der Waals surface area contributed by atoms with E-state index in [1.165, 1.54) is 0 Å². The van der Waals surface area contributed by atoms with Gasteiger partial charge in [0.1, 0.15) is 6.61 Å². The minimum Gasteiger partial charge on any atom is -0.377 e. The van der Waals surface area contributed by atoms with Gasteiger partial charge in [0.2, 0.25) is 11.8 Å². The highest BCUT2D eigenvalue weighted by Crippen LogP contribution is 2.20. The fourth-order valence-electron chi connectivity index (χ4n) is 3.98. The Morgan fingerprint density at radius 1 is 1.00 bits per heavy atom. The Hall–Kier alpha value is -1.18. The molecule has 0 radical (unpaired) electrons. The second-order valence-electron chi connectivity index (χ2n) is 8.59. The van der Waals surface area contributed by atoms with Gasteiger partial charge in [0.25, 0.3) is 0 Å². The van der Waals surface area contributed by atoms with E-state index in [2.05, 4.69) is 31.0 Å². The molecule has 2 rings (SSSR count). The third kappa shape index (κ3) is 8.60. The van der Waals surface area contributed by atoms with Gasteiger partial charge in [-0.3, -0.25) is 9.59 Å². The van der Waals surface area contributed by atoms with E-state index in [0.29, 0.717) is 38.3 Å². The first kappa shape index (κ1) is 24.1. The van der Waals surface area contributed by atoms with Crippen LogP contribution in [0.1, 0.15) is 52.9 Å². The van der Waals surface area contributed by atoms with Crippen molar-refractivity contribution in [3.63, 3.8) is 0 Å². The molecule has 0 aromatic carbocycles. The van der Waals surface area contributed by atoms with Crippen LogP contribution in [0.2, 0.25) is 0 Å². The van der Waals surface area contributed by atoms with E-state index in [1.54, 1.807) is 0 Å². The molecule has 0 aromatic rings. The minimum absolute atomic E-state index is 0.0727. The van der Waals surface area contributed by atoms with Crippen LogP contribution in [0.15, 0.2) is 0 Å². The van der Waals surface area contributed by atoms with E-state index < -0.39 is 0 Å². The van der Waals surface area contributed by atoms with E-state index >= 15 is 0 Å². The molecule has 0 spiro atoms. The maximum atomic E-state index is 12.3. The Morgan fingerprint density at radius 3 is 2.31 bits per heavy atom. The van der Waals surface area contributed by atoms with Crippen LogP contribution in [0, 0.1) is 11.8 Å². The summed E-state index contributed by atoms with van der Waals surface area (Å²) in [4.78, 5) is 28.7. The van der Waals surface area contributed by atoms with Crippen molar-refractivity contribution in [3.05, 3.63) is 0 Å². The fraction of sp³-hybridized carbons (Fsp3) is 0.909. The Labute approximate surface area is 176 Å². The third-order valence-corrected chi connectivity index (χ3v) is 6.39. The average Bonchev–Trinajstić information content (AvgIpc) is 2.75. The van der Waals surface area contributed by atoms with Gasteiger partial charge in [-0.2, -0.15) is 0 Å². The monoisotopic (exact) mass is 411 g/mol. The summed E-state index contributed by atoms with van der Waals surface area (Å²) in [6.07, 6.45) is 5.20. The molecule has 29 heavy (non-hydrogen) atoms. The first-order valence-electron chi connectivity index (χ1n) is 11.5. The smallest absolute Gasteiger partial charge is 0.248 e. The molecule has 2 heterocycles. The lowest BCUT2D eigenvalue weighted by Crippen LogP contribution is -2.44. The summed E-state index contributed by atoms with van der Waals surface area (Å²) in [7, 11) is 0. The lowest BCUT2D eigenvalue weighted by molar-refractivity contribution is -0.138. The number of piperidine rings is 2. The molecular weight excluding hydrogens is 370 g/mol. The Morgan fingerprint density at radius 2 is 1.66 bits per heavy atom. The summed E-state index contributed by atoms with van der Waals surface area (Å²) in [6.45, 7) is 12.4. The molecule has 7 heteroatoms. The van der Waals surface area contributed by atoms with E-state index in [0.717, 1.165) is 58.3 Å². The van der Waals surface area contributed by atoms with Crippen LogP contribution >= 0.6 is 0 Å². The second-order valence-corrected chi connectivity index (χ2v) is 8.59. The molecule has 2 amide bonds. The summed E-state index contributed by atoms with van der Waals surface area (Å²) in [5.74, 6) is 1.06. The van der Waals surface area contributed by atoms with E-state index in [1.807, 2.05) is 4.90 Å². The van der Waals surface area contributed by atoms with Gasteiger partial charge in [-0.05, 0) is 58.0 Å². The molecule has 2 aliphatic heterocycles. The molecule has 1 unspecified atom stereocenters. The number of hydrogen-bond acceptors (Lipinski definition) is 5. The van der Waals surface area contributed by atoms with Crippen molar-refractivity contribution in [2.45, 2.75) is 58.9 Å². The highest BCUT2D eigenvalue weighted by Gasteiger charge is 2.26. The topological polar surface area (TPSA) is 71.1 Å². The van der Waals surface area contributed by atoms with Crippen LogP contribution in [0.25, 0.3) is 0 Å². The van der Waals surface area contributed by atoms with E-state index in [4.69, 9.17) is 9.47 Å². The van der Waals surface area contributed by atoms with Crippen LogP contribution in [0.3, 0.4) is 0 Å². The van der Waals surface area contributed by atoms with Crippen molar-refractivity contribution in [2.75, 3.05) is 59.2 Å². The first-order chi connectivity index (χ1) is 14.0. The zero-order chi connectivity index (χ0) is 21.1. The zero-order valence-electron chi connectivity index (χ0n) is 18.7. The molecule has 1 atom stereocenters. The molecule has 0 aromatic heterocycles. The minimum atomic E-state index is 0.0727. The van der Waals surface area contributed by atoms with Gasteiger partial charge in [0, 0.05) is 31.6 Å². The first-order valence-corrected chi connectivity index (χ1v) is 11.5. The van der Waals surface area contributed by atoms with Crippen LogP contribution in [0.4, 0.5) is 0 Å². The van der Waals surface area contributed by atoms with Crippen molar-refractivity contribution >= 4 is 11.8 Å². The lowest BCUT2D eigenvalue weighted by Gasteiger charge is -2.35. The van der Waals surface area contributed by atoms with Gasteiger partial charge < -0.3 is 24.6 Å². The highest BCUT2D eigenvalue weighted by molar-refractivity contribution is 5.78. The number of nitrogens with one attached hydrogen (secondary N) is 1. The summed E-state index contributed by atoms with van der Waals surface area (Å²) < 4.78 is 10.9. The fourth-order valence-corrected chi connectivity index (χ4v) is 3.98. The number of likely N-dealkylation sites (tertiary alicyclic amines) is 2. The van der Waals surface area contributed by atoms with Crippen molar-refractivity contribution < 1.29 is 19.1 Å². The number of amides is 2. The number of nitrogens with zero attached hydrogens (tertiary/aromatic N) is 2. The number of hydrogen-bond donors (Lipinski definition) is 1. The SMILES string of the molecule is CCC(C)N1CCC(C(=O)NCCOCCOCC(=O)N2CCC(C)CC2)CC1. The van der Waals surface area contributed by atoms with Gasteiger partial charge in [-0.25, -0.2) is 0 Å². The molecule has 7 nitrogen and oxygen atoms in total. The van der Waals surface area contributed by atoms with Crippen molar-refractivity contribution in [3.8, 4) is 0 Å². The van der Waals surface area contributed by atoms with Crippen molar-refractivity contribution in [1.29, 1.82) is 0 Å². The largest absolute Gasteiger partial charge is 0.377 e. The maximum absolute atomic E-state index is 12.3. The molecule has 0 saturated carbocycles. The molecule has 1 N–H and O–H groups in total. The number of ether oxygens (including phenoxy) is 2. The number of rotatable bonds is 11. The van der Waals surface area contributed by atoms with E-state index in [9.17, 15) is 9.59 Å². The summed E-state index contributed by atoms with van der Waals surface area (Å²) in [6, 6.07) is 0.605. The molecule has 168 valence electrons. The second kappa shape index (κ2) is 13.2. The van der Waals surface area contributed by atoms with E-state index in [-0.39, 0.29) is 24.3 Å². The molecule has 0 bridgehead atoms. The standard InChI is InChI=1S/C22H41N3O4/c1-4-19(3)24-12-7-20(8-13-24)22(27)23-9-14-28-15-16-29-17-21(26)25-10-5-18(2)6-11-25/h18-20H,4-17H2,1-3H3,(H,23,27). The van der Waals surface area contributed by atoms with Gasteiger partial charge in [-0.15, -0.1) is 0 Å². The molecule has 2 saturated heterocycles. The Kier molecular flexibility index (Phi) is 11.0. The van der Waals surface area contributed by atoms with Gasteiger partial charge in [0.05, 0.1) is 19.8 Å². The van der Waals surface area contributed by atoms with Crippen LogP contribution in [-0.4, -0.2) is 86.8 Å². The third-order valence-electron chi connectivity index (χ3n) is 6.39. The Balaban J connectivity index is 1.43. The van der Waals surface area contributed by atoms with Gasteiger partial charge in [-0.1, -0.05) is 13.8 Å². The highest BCUT2D eigenvalue weighted by atomic mass is 16.5. The van der Waals surface area contributed by atoms with Crippen LogP contribution in [-0.2, 0) is 19.1 Å².